The summed E-state index contributed by atoms with van der Waals surface area (Å²) in [5.41, 5.74) is 2.78. The van der Waals surface area contributed by atoms with Crippen molar-refractivity contribution in [3.63, 3.8) is 0 Å². The molecule has 2 aliphatic rings. The zero-order valence-corrected chi connectivity index (χ0v) is 16.9. The van der Waals surface area contributed by atoms with Crippen molar-refractivity contribution in [1.82, 2.24) is 30.3 Å². The van der Waals surface area contributed by atoms with Crippen molar-refractivity contribution in [2.75, 3.05) is 11.9 Å². The molecule has 156 valence electrons. The van der Waals surface area contributed by atoms with Crippen LogP contribution in [0.5, 0.6) is 5.75 Å². The number of benzene rings is 1. The molecule has 2 aliphatic heterocycles. The number of rotatable bonds is 4. The third-order valence-electron chi connectivity index (χ3n) is 6.23. The molecule has 2 fully saturated rings. The molecule has 2 aromatic heterocycles. The lowest BCUT2D eigenvalue weighted by atomic mass is 9.97. The molecule has 4 heterocycles. The van der Waals surface area contributed by atoms with E-state index < -0.39 is 6.17 Å². The van der Waals surface area contributed by atoms with Gasteiger partial charge < -0.3 is 15.3 Å². The number of nitrogens with one attached hydrogen (secondary N) is 1. The lowest BCUT2D eigenvalue weighted by molar-refractivity contribution is 0.175. The first kappa shape index (κ1) is 18.9. The maximum Gasteiger partial charge on any atom is 0.245 e. The van der Waals surface area contributed by atoms with E-state index in [1.807, 2.05) is 26.4 Å². The Labute approximate surface area is 173 Å². The van der Waals surface area contributed by atoms with Crippen LogP contribution in [0.25, 0.3) is 22.4 Å². The fraction of sp³-hybridized carbons (Fsp3) is 0.429. The van der Waals surface area contributed by atoms with E-state index >= 15 is 0 Å². The number of piperidine rings is 1. The normalized spacial score (nSPS) is 25.4. The van der Waals surface area contributed by atoms with Crippen LogP contribution in [0.1, 0.15) is 19.3 Å². The fourth-order valence-electron chi connectivity index (χ4n) is 4.55. The maximum absolute atomic E-state index is 14.8. The molecule has 2 N–H and O–H groups in total. The summed E-state index contributed by atoms with van der Waals surface area (Å²) in [4.78, 5) is 6.19. The van der Waals surface area contributed by atoms with Gasteiger partial charge in [0.25, 0.3) is 0 Å². The summed E-state index contributed by atoms with van der Waals surface area (Å²) in [7, 11) is 3.66. The number of halogens is 1. The topological polar surface area (TPSA) is 92.0 Å². The monoisotopic (exact) mass is 409 g/mol. The largest absolute Gasteiger partial charge is 0.507 e. The van der Waals surface area contributed by atoms with E-state index in [-0.39, 0.29) is 17.8 Å². The van der Waals surface area contributed by atoms with Crippen molar-refractivity contribution in [1.29, 1.82) is 0 Å². The number of nitrogens with zero attached hydrogens (tertiary/aromatic N) is 6. The van der Waals surface area contributed by atoms with Gasteiger partial charge in [0, 0.05) is 43.5 Å². The van der Waals surface area contributed by atoms with Gasteiger partial charge >= 0.3 is 0 Å². The number of phenolic OH excluding ortho intramolecular Hbond substituents is 1. The van der Waals surface area contributed by atoms with Crippen molar-refractivity contribution >= 4 is 5.95 Å². The van der Waals surface area contributed by atoms with E-state index in [0.717, 1.165) is 30.4 Å². The van der Waals surface area contributed by atoms with E-state index in [0.29, 0.717) is 23.2 Å². The first-order valence-corrected chi connectivity index (χ1v) is 10.1. The Morgan fingerprint density at radius 3 is 2.77 bits per heavy atom. The van der Waals surface area contributed by atoms with Crippen molar-refractivity contribution in [3.8, 4) is 28.1 Å². The quantitative estimate of drug-likeness (QED) is 0.683. The second-order valence-corrected chi connectivity index (χ2v) is 8.18. The molecule has 1 aromatic carbocycles. The number of aryl methyl sites for hydroxylation is 1. The average molecular weight is 409 g/mol. The van der Waals surface area contributed by atoms with Crippen LogP contribution in [0.15, 0.2) is 36.8 Å². The van der Waals surface area contributed by atoms with E-state index in [9.17, 15) is 9.50 Å². The molecule has 0 spiro atoms. The zero-order valence-electron chi connectivity index (χ0n) is 16.9. The summed E-state index contributed by atoms with van der Waals surface area (Å²) >= 11 is 0. The van der Waals surface area contributed by atoms with Gasteiger partial charge in [-0.15, -0.1) is 10.2 Å². The zero-order chi connectivity index (χ0) is 20.8. The lowest BCUT2D eigenvalue weighted by Crippen LogP contribution is -2.55. The third-order valence-corrected chi connectivity index (χ3v) is 6.23. The highest BCUT2D eigenvalue weighted by Crippen LogP contribution is 2.34. The Hall–Kier alpha value is -3.07. The average Bonchev–Trinajstić information content (AvgIpc) is 3.37. The first-order valence-electron chi connectivity index (χ1n) is 10.1. The molecule has 8 nitrogen and oxygen atoms in total. The van der Waals surface area contributed by atoms with E-state index in [2.05, 4.69) is 25.6 Å². The molecule has 3 aromatic rings. The molecule has 0 amide bonds. The van der Waals surface area contributed by atoms with Gasteiger partial charge in [0.15, 0.2) is 0 Å². The predicted octanol–water partition coefficient (Wildman–Crippen LogP) is 2.31. The van der Waals surface area contributed by atoms with Crippen LogP contribution in [0, 0.1) is 0 Å². The highest BCUT2D eigenvalue weighted by molar-refractivity contribution is 5.73. The minimum atomic E-state index is -0.957. The Balaban J connectivity index is 1.36. The molecule has 0 saturated carbocycles. The first-order chi connectivity index (χ1) is 14.5. The smallest absolute Gasteiger partial charge is 0.245 e. The molecule has 0 unspecified atom stereocenters. The number of hydrogen-bond acceptors (Lipinski definition) is 7. The number of fused-ring (bicyclic) bond motifs is 2. The van der Waals surface area contributed by atoms with Crippen LogP contribution in [0.3, 0.4) is 0 Å². The SMILES string of the molecule is CN(c1ncc(-c2ccc(-c3cnn(C)c3)cc2O)nn1)[C@@H]1C[C@H]2CC[C@@H](N2)[C@@H]1F. The van der Waals surface area contributed by atoms with Gasteiger partial charge in [-0.1, -0.05) is 6.07 Å². The van der Waals surface area contributed by atoms with Crippen molar-refractivity contribution in [2.24, 2.45) is 7.05 Å². The van der Waals surface area contributed by atoms with Crippen LogP contribution >= 0.6 is 0 Å². The summed E-state index contributed by atoms with van der Waals surface area (Å²) in [5.74, 6) is 0.478. The number of phenols is 1. The molecule has 9 heteroatoms. The molecule has 4 atom stereocenters. The van der Waals surface area contributed by atoms with Crippen LogP contribution in [-0.4, -0.2) is 61.4 Å². The second-order valence-electron chi connectivity index (χ2n) is 8.18. The minimum absolute atomic E-state index is 0.0845. The fourth-order valence-corrected chi connectivity index (χ4v) is 4.55. The standard InChI is InChI=1S/C21H24FN7O/c1-28-11-13(9-24-28)12-3-5-15(19(30)7-12)17-10-23-21(27-26-17)29(2)18-8-14-4-6-16(25-14)20(18)22/h3,5,7,9-11,14,16,18,20,25,30H,4,6,8H2,1-2H3/t14-,16-,18-,20+/m1/s1. The molecule has 30 heavy (non-hydrogen) atoms. The van der Waals surface area contributed by atoms with Crippen LogP contribution in [0.4, 0.5) is 10.3 Å². The summed E-state index contributed by atoms with van der Waals surface area (Å²) in [6.45, 7) is 0. The maximum atomic E-state index is 14.8. The van der Waals surface area contributed by atoms with Crippen molar-refractivity contribution < 1.29 is 9.50 Å². The Morgan fingerprint density at radius 1 is 1.20 bits per heavy atom. The number of anilines is 1. The van der Waals surface area contributed by atoms with Gasteiger partial charge in [-0.25, -0.2) is 9.37 Å². The summed E-state index contributed by atoms with van der Waals surface area (Å²) in [5, 5.41) is 26.5. The van der Waals surface area contributed by atoms with E-state index in [4.69, 9.17) is 0 Å². The predicted molar refractivity (Wildman–Crippen MR) is 111 cm³/mol. The Kier molecular flexibility index (Phi) is 4.62. The minimum Gasteiger partial charge on any atom is -0.507 e. The van der Waals surface area contributed by atoms with Crippen LogP contribution in [0.2, 0.25) is 0 Å². The second kappa shape index (κ2) is 7.32. The number of aromatic hydroxyl groups is 1. The molecule has 2 saturated heterocycles. The highest BCUT2D eigenvalue weighted by atomic mass is 19.1. The molecule has 0 aliphatic carbocycles. The summed E-state index contributed by atoms with van der Waals surface area (Å²) in [6.07, 6.45) is 6.86. The summed E-state index contributed by atoms with van der Waals surface area (Å²) in [6, 6.07) is 5.37. The summed E-state index contributed by atoms with van der Waals surface area (Å²) < 4.78 is 16.5. The van der Waals surface area contributed by atoms with Crippen LogP contribution in [-0.2, 0) is 7.05 Å². The van der Waals surface area contributed by atoms with Gasteiger partial charge in [-0.2, -0.15) is 5.10 Å². The third kappa shape index (κ3) is 3.28. The molecule has 2 bridgehead atoms. The van der Waals surface area contributed by atoms with Gasteiger partial charge in [0.2, 0.25) is 5.95 Å². The molecular formula is C21H24FN7O. The van der Waals surface area contributed by atoms with Gasteiger partial charge in [0.05, 0.1) is 18.4 Å². The van der Waals surface area contributed by atoms with Gasteiger partial charge in [-0.3, -0.25) is 4.68 Å². The number of hydrogen-bond donors (Lipinski definition) is 2. The molecular weight excluding hydrogens is 385 g/mol. The molecule has 5 rings (SSSR count). The van der Waals surface area contributed by atoms with Gasteiger partial charge in [-0.05, 0) is 37.0 Å². The number of alkyl halides is 1. The Morgan fingerprint density at radius 2 is 2.07 bits per heavy atom. The van der Waals surface area contributed by atoms with Crippen molar-refractivity contribution in [3.05, 3.63) is 36.8 Å². The molecule has 0 radical (unpaired) electrons. The highest BCUT2D eigenvalue weighted by Gasteiger charge is 2.44. The number of aromatic nitrogens is 5. The van der Waals surface area contributed by atoms with E-state index in [1.54, 1.807) is 34.1 Å². The van der Waals surface area contributed by atoms with Crippen LogP contribution < -0.4 is 10.2 Å². The van der Waals surface area contributed by atoms with Gasteiger partial charge in [0.1, 0.15) is 17.6 Å². The van der Waals surface area contributed by atoms with Crippen molar-refractivity contribution in [2.45, 2.75) is 43.6 Å². The van der Waals surface area contributed by atoms with E-state index in [1.165, 1.54) is 0 Å². The lowest BCUT2D eigenvalue weighted by Gasteiger charge is -2.38. The Bertz CT molecular complexity index is 1050.